The predicted molar refractivity (Wildman–Crippen MR) is 85.5 cm³/mol. The second-order valence-electron chi connectivity index (χ2n) is 5.95. The van der Waals surface area contributed by atoms with E-state index in [2.05, 4.69) is 31.8 Å². The van der Waals surface area contributed by atoms with Crippen LogP contribution >= 0.6 is 15.9 Å². The minimum atomic E-state index is 0.140. The molecule has 1 aromatic rings. The molecule has 0 spiro atoms. The van der Waals surface area contributed by atoms with E-state index in [1.54, 1.807) is 6.92 Å². The summed E-state index contributed by atoms with van der Waals surface area (Å²) in [6.45, 7) is 7.19. The van der Waals surface area contributed by atoms with Crippen molar-refractivity contribution in [3.05, 3.63) is 28.2 Å². The van der Waals surface area contributed by atoms with Crippen LogP contribution in [0, 0.1) is 5.92 Å². The molecule has 0 radical (unpaired) electrons. The number of hydrogen-bond donors (Lipinski definition) is 0. The molecule has 0 N–H and O–H groups in total. The molecule has 0 bridgehead atoms. The fourth-order valence-corrected chi connectivity index (χ4v) is 3.26. The Morgan fingerprint density at radius 3 is 2.55 bits per heavy atom. The number of piperazine rings is 1. The summed E-state index contributed by atoms with van der Waals surface area (Å²) in [5.41, 5.74) is 1.92. The van der Waals surface area contributed by atoms with Crippen LogP contribution in [0.5, 0.6) is 0 Å². The summed E-state index contributed by atoms with van der Waals surface area (Å²) >= 11 is 3.45. The Morgan fingerprint density at radius 1 is 1.25 bits per heavy atom. The van der Waals surface area contributed by atoms with Crippen molar-refractivity contribution < 1.29 is 4.79 Å². The number of carbonyl (C=O) groups is 1. The average Bonchev–Trinajstić information content (AvgIpc) is 3.24. The Labute approximate surface area is 129 Å². The molecule has 3 rings (SSSR count). The van der Waals surface area contributed by atoms with Gasteiger partial charge in [-0.15, -0.1) is 0 Å². The van der Waals surface area contributed by atoms with Gasteiger partial charge in [0.2, 0.25) is 0 Å². The van der Waals surface area contributed by atoms with Gasteiger partial charge in [0.1, 0.15) is 0 Å². The molecule has 1 saturated carbocycles. The first-order valence-electron chi connectivity index (χ1n) is 7.41. The van der Waals surface area contributed by atoms with E-state index in [0.717, 1.165) is 47.8 Å². The Hall–Kier alpha value is -0.870. The third kappa shape index (κ3) is 3.23. The number of nitrogens with zero attached hydrogens (tertiary/aromatic N) is 2. The first-order chi connectivity index (χ1) is 9.63. The predicted octanol–water partition coefficient (Wildman–Crippen LogP) is 3.18. The van der Waals surface area contributed by atoms with Crippen LogP contribution in [-0.4, -0.2) is 43.4 Å². The Kier molecular flexibility index (Phi) is 4.13. The fourth-order valence-electron chi connectivity index (χ4n) is 2.90. The van der Waals surface area contributed by atoms with E-state index in [4.69, 9.17) is 0 Å². The molecule has 0 aromatic heterocycles. The molecule has 0 atom stereocenters. The molecule has 4 heteroatoms. The molecule has 0 unspecified atom stereocenters. The van der Waals surface area contributed by atoms with Crippen molar-refractivity contribution >= 4 is 27.4 Å². The van der Waals surface area contributed by atoms with E-state index in [1.165, 1.54) is 19.4 Å². The quantitative estimate of drug-likeness (QED) is 0.789. The maximum atomic E-state index is 11.8. The van der Waals surface area contributed by atoms with Crippen molar-refractivity contribution in [2.24, 2.45) is 5.92 Å². The molecule has 2 aliphatic rings. The lowest BCUT2D eigenvalue weighted by Crippen LogP contribution is -2.47. The standard InChI is InChI=1S/C16H21BrN2O/c1-12(20)15-10-14(17)4-5-16(15)19-8-6-18(7-9-19)11-13-2-3-13/h4-5,10,13H,2-3,6-9,11H2,1H3. The van der Waals surface area contributed by atoms with Crippen LogP contribution in [0.25, 0.3) is 0 Å². The van der Waals surface area contributed by atoms with Gasteiger partial charge in [0.15, 0.2) is 5.78 Å². The second kappa shape index (κ2) is 5.86. The molecule has 1 saturated heterocycles. The average molecular weight is 337 g/mol. The van der Waals surface area contributed by atoms with E-state index in [9.17, 15) is 4.79 Å². The molecular weight excluding hydrogens is 316 g/mol. The number of ketones is 1. The van der Waals surface area contributed by atoms with Crippen LogP contribution in [0.4, 0.5) is 5.69 Å². The zero-order chi connectivity index (χ0) is 14.1. The Bertz CT molecular complexity index is 505. The molecule has 1 aliphatic heterocycles. The van der Waals surface area contributed by atoms with Gasteiger partial charge in [0.25, 0.3) is 0 Å². The number of carbonyl (C=O) groups excluding carboxylic acids is 1. The Balaban J connectivity index is 1.69. The lowest BCUT2D eigenvalue weighted by molar-refractivity contribution is 0.101. The Morgan fingerprint density at radius 2 is 1.95 bits per heavy atom. The van der Waals surface area contributed by atoms with Gasteiger partial charge in [-0.3, -0.25) is 9.69 Å². The highest BCUT2D eigenvalue weighted by Gasteiger charge is 2.27. The zero-order valence-electron chi connectivity index (χ0n) is 11.9. The highest BCUT2D eigenvalue weighted by atomic mass is 79.9. The van der Waals surface area contributed by atoms with E-state index < -0.39 is 0 Å². The third-order valence-electron chi connectivity index (χ3n) is 4.26. The molecule has 20 heavy (non-hydrogen) atoms. The molecule has 3 nitrogen and oxygen atoms in total. The fraction of sp³-hybridized carbons (Fsp3) is 0.562. The van der Waals surface area contributed by atoms with Crippen molar-refractivity contribution in [1.29, 1.82) is 0 Å². The SMILES string of the molecule is CC(=O)c1cc(Br)ccc1N1CCN(CC2CC2)CC1. The van der Waals surface area contributed by atoms with E-state index >= 15 is 0 Å². The van der Waals surface area contributed by atoms with Crippen LogP contribution < -0.4 is 4.90 Å². The van der Waals surface area contributed by atoms with Crippen LogP contribution in [0.3, 0.4) is 0 Å². The molecular formula is C16H21BrN2O. The topological polar surface area (TPSA) is 23.6 Å². The van der Waals surface area contributed by atoms with Crippen LogP contribution in [0.15, 0.2) is 22.7 Å². The normalized spacial score (nSPS) is 20.2. The van der Waals surface area contributed by atoms with E-state index in [-0.39, 0.29) is 5.78 Å². The van der Waals surface area contributed by atoms with Crippen LogP contribution in [0.2, 0.25) is 0 Å². The first-order valence-corrected chi connectivity index (χ1v) is 8.20. The van der Waals surface area contributed by atoms with Crippen LogP contribution in [0.1, 0.15) is 30.1 Å². The maximum Gasteiger partial charge on any atom is 0.161 e. The molecule has 1 aromatic carbocycles. The van der Waals surface area contributed by atoms with Gasteiger partial charge >= 0.3 is 0 Å². The highest BCUT2D eigenvalue weighted by Crippen LogP contribution is 2.31. The van der Waals surface area contributed by atoms with Gasteiger partial charge < -0.3 is 4.90 Å². The van der Waals surface area contributed by atoms with Crippen LogP contribution in [-0.2, 0) is 0 Å². The van der Waals surface area contributed by atoms with Gasteiger partial charge in [-0.05, 0) is 43.9 Å². The van der Waals surface area contributed by atoms with Gasteiger partial charge in [0.05, 0.1) is 0 Å². The summed E-state index contributed by atoms with van der Waals surface area (Å²) in [5, 5.41) is 0. The third-order valence-corrected chi connectivity index (χ3v) is 4.76. The van der Waals surface area contributed by atoms with Gasteiger partial charge in [-0.25, -0.2) is 0 Å². The number of Topliss-reactive ketones (excluding diaryl/α,β-unsaturated/α-hetero) is 1. The van der Waals surface area contributed by atoms with Crippen molar-refractivity contribution in [1.82, 2.24) is 4.90 Å². The number of hydrogen-bond acceptors (Lipinski definition) is 3. The van der Waals surface area contributed by atoms with Gasteiger partial charge in [-0.1, -0.05) is 15.9 Å². The van der Waals surface area contributed by atoms with Crippen molar-refractivity contribution in [2.75, 3.05) is 37.6 Å². The zero-order valence-corrected chi connectivity index (χ0v) is 13.5. The monoisotopic (exact) mass is 336 g/mol. The summed E-state index contributed by atoms with van der Waals surface area (Å²) in [5.74, 6) is 1.10. The molecule has 1 heterocycles. The largest absolute Gasteiger partial charge is 0.368 e. The van der Waals surface area contributed by atoms with Crippen molar-refractivity contribution in [2.45, 2.75) is 19.8 Å². The number of halogens is 1. The van der Waals surface area contributed by atoms with E-state index in [1.807, 2.05) is 12.1 Å². The smallest absolute Gasteiger partial charge is 0.161 e. The summed E-state index contributed by atoms with van der Waals surface area (Å²) in [6.07, 6.45) is 2.84. The molecule has 2 fully saturated rings. The second-order valence-corrected chi connectivity index (χ2v) is 6.86. The van der Waals surface area contributed by atoms with Crippen molar-refractivity contribution in [3.8, 4) is 0 Å². The van der Waals surface area contributed by atoms with E-state index in [0.29, 0.717) is 0 Å². The maximum absolute atomic E-state index is 11.8. The highest BCUT2D eigenvalue weighted by molar-refractivity contribution is 9.10. The number of anilines is 1. The molecule has 108 valence electrons. The van der Waals surface area contributed by atoms with Crippen molar-refractivity contribution in [3.63, 3.8) is 0 Å². The first kappa shape index (κ1) is 14.1. The summed E-state index contributed by atoms with van der Waals surface area (Å²) in [4.78, 5) is 16.7. The molecule has 1 aliphatic carbocycles. The lowest BCUT2D eigenvalue weighted by Gasteiger charge is -2.37. The van der Waals surface area contributed by atoms with Gasteiger partial charge in [-0.2, -0.15) is 0 Å². The van der Waals surface area contributed by atoms with Gasteiger partial charge in [0, 0.05) is 48.4 Å². The minimum Gasteiger partial charge on any atom is -0.368 e. The summed E-state index contributed by atoms with van der Waals surface area (Å²) in [7, 11) is 0. The lowest BCUT2D eigenvalue weighted by atomic mass is 10.1. The number of benzene rings is 1. The number of rotatable bonds is 4. The summed E-state index contributed by atoms with van der Waals surface area (Å²) < 4.78 is 0.971. The minimum absolute atomic E-state index is 0.140. The summed E-state index contributed by atoms with van der Waals surface area (Å²) in [6, 6.07) is 6.03. The molecule has 0 amide bonds.